The van der Waals surface area contributed by atoms with Crippen molar-refractivity contribution in [2.75, 3.05) is 0 Å². The van der Waals surface area contributed by atoms with Crippen LogP contribution in [0.2, 0.25) is 0 Å². The second-order valence-electron chi connectivity index (χ2n) is 3.39. The minimum Gasteiger partial charge on any atom is -0.475 e. The third kappa shape index (κ3) is 2.13. The third-order valence-corrected chi connectivity index (χ3v) is 2.12. The zero-order valence-corrected chi connectivity index (χ0v) is 8.67. The zero-order valence-electron chi connectivity index (χ0n) is 8.67. The number of esters is 1. The molecule has 0 aromatic heterocycles. The molecule has 0 saturated carbocycles. The van der Waals surface area contributed by atoms with Gasteiger partial charge in [0.2, 0.25) is 12.3 Å². The molecule has 0 bridgehead atoms. The molecule has 1 aromatic rings. The molecular formula is C11H11NO4. The highest BCUT2D eigenvalue weighted by Crippen LogP contribution is 2.18. The van der Waals surface area contributed by atoms with Crippen molar-refractivity contribution in [3.8, 4) is 5.75 Å². The number of rotatable bonds is 3. The Labute approximate surface area is 92.4 Å². The zero-order chi connectivity index (χ0) is 11.5. The van der Waals surface area contributed by atoms with E-state index in [9.17, 15) is 9.59 Å². The maximum atomic E-state index is 11.2. The molecule has 16 heavy (non-hydrogen) atoms. The predicted molar refractivity (Wildman–Crippen MR) is 54.6 cm³/mol. The first-order chi connectivity index (χ1) is 7.66. The van der Waals surface area contributed by atoms with Crippen LogP contribution in [0.1, 0.15) is 6.92 Å². The molecule has 84 valence electrons. The minimum absolute atomic E-state index is 0.282. The Hall–Kier alpha value is -2.04. The van der Waals surface area contributed by atoms with Gasteiger partial charge in [0.15, 0.2) is 0 Å². The molecule has 1 saturated heterocycles. The Bertz CT molecular complexity index is 404. The van der Waals surface area contributed by atoms with E-state index in [4.69, 9.17) is 9.47 Å². The van der Waals surface area contributed by atoms with Crippen LogP contribution in [-0.4, -0.2) is 24.2 Å². The summed E-state index contributed by atoms with van der Waals surface area (Å²) >= 11 is 0. The Balaban J connectivity index is 1.98. The van der Waals surface area contributed by atoms with E-state index in [1.54, 1.807) is 24.3 Å². The van der Waals surface area contributed by atoms with E-state index >= 15 is 0 Å². The molecule has 0 spiro atoms. The first kappa shape index (κ1) is 10.5. The van der Waals surface area contributed by atoms with E-state index in [2.05, 4.69) is 5.32 Å². The van der Waals surface area contributed by atoms with Crippen LogP contribution in [0.5, 0.6) is 5.75 Å². The molecule has 5 heteroatoms. The molecule has 1 aliphatic rings. The van der Waals surface area contributed by atoms with Crippen LogP contribution in [0.25, 0.3) is 0 Å². The highest BCUT2D eigenvalue weighted by atomic mass is 16.6. The van der Waals surface area contributed by atoms with Crippen LogP contribution in [0.3, 0.4) is 0 Å². The van der Waals surface area contributed by atoms with E-state index in [1.807, 2.05) is 6.07 Å². The SMILES string of the molecule is CC(=O)OC1NC(=O)C1Oc1ccccc1. The fourth-order valence-corrected chi connectivity index (χ4v) is 1.37. The first-order valence-electron chi connectivity index (χ1n) is 4.86. The Morgan fingerprint density at radius 1 is 1.31 bits per heavy atom. The van der Waals surface area contributed by atoms with E-state index in [0.717, 1.165) is 0 Å². The van der Waals surface area contributed by atoms with Crippen LogP contribution < -0.4 is 10.1 Å². The van der Waals surface area contributed by atoms with Crippen molar-refractivity contribution in [2.24, 2.45) is 0 Å². The molecule has 1 aromatic carbocycles. The molecule has 1 amide bonds. The molecule has 0 aliphatic carbocycles. The summed E-state index contributed by atoms with van der Waals surface area (Å²) in [5, 5.41) is 2.44. The summed E-state index contributed by atoms with van der Waals surface area (Å²) in [6, 6.07) is 8.91. The van der Waals surface area contributed by atoms with Gasteiger partial charge >= 0.3 is 5.97 Å². The van der Waals surface area contributed by atoms with Crippen molar-refractivity contribution in [1.29, 1.82) is 0 Å². The highest BCUT2D eigenvalue weighted by Gasteiger charge is 2.44. The van der Waals surface area contributed by atoms with Crippen LogP contribution in [0, 0.1) is 0 Å². The predicted octanol–water partition coefficient (Wildman–Crippen LogP) is 0.453. The number of amides is 1. The van der Waals surface area contributed by atoms with Gasteiger partial charge < -0.3 is 14.8 Å². The summed E-state index contributed by atoms with van der Waals surface area (Å²) in [5.41, 5.74) is 0. The van der Waals surface area contributed by atoms with Crippen molar-refractivity contribution in [1.82, 2.24) is 5.32 Å². The monoisotopic (exact) mass is 221 g/mol. The quantitative estimate of drug-likeness (QED) is 0.594. The summed E-state index contributed by atoms with van der Waals surface area (Å²) in [4.78, 5) is 21.9. The lowest BCUT2D eigenvalue weighted by Crippen LogP contribution is -2.66. The molecular weight excluding hydrogens is 210 g/mol. The van der Waals surface area contributed by atoms with Crippen LogP contribution in [0.15, 0.2) is 30.3 Å². The number of ether oxygens (including phenoxy) is 2. The number of para-hydroxylation sites is 1. The first-order valence-corrected chi connectivity index (χ1v) is 4.86. The van der Waals surface area contributed by atoms with E-state index < -0.39 is 18.3 Å². The van der Waals surface area contributed by atoms with Gasteiger partial charge in [-0.2, -0.15) is 0 Å². The lowest BCUT2D eigenvalue weighted by Gasteiger charge is -2.35. The van der Waals surface area contributed by atoms with Gasteiger partial charge in [-0.3, -0.25) is 9.59 Å². The van der Waals surface area contributed by atoms with Crippen LogP contribution >= 0.6 is 0 Å². The molecule has 1 heterocycles. The number of hydrogen-bond acceptors (Lipinski definition) is 4. The second kappa shape index (κ2) is 4.22. The molecule has 2 rings (SSSR count). The van der Waals surface area contributed by atoms with Crippen molar-refractivity contribution in [3.05, 3.63) is 30.3 Å². The fraction of sp³-hybridized carbons (Fsp3) is 0.273. The Kier molecular flexibility index (Phi) is 2.76. The van der Waals surface area contributed by atoms with Crippen LogP contribution in [0.4, 0.5) is 0 Å². The van der Waals surface area contributed by atoms with Gasteiger partial charge in [0.1, 0.15) is 5.75 Å². The van der Waals surface area contributed by atoms with Gasteiger partial charge in [-0.25, -0.2) is 0 Å². The maximum Gasteiger partial charge on any atom is 0.304 e. The summed E-state index contributed by atoms with van der Waals surface area (Å²) in [5.74, 6) is -0.165. The number of carbonyl (C=O) groups excluding carboxylic acids is 2. The van der Waals surface area contributed by atoms with Gasteiger partial charge in [-0.05, 0) is 12.1 Å². The summed E-state index contributed by atoms with van der Waals surface area (Å²) in [6.07, 6.45) is -1.45. The van der Waals surface area contributed by atoms with Gasteiger partial charge in [-0.1, -0.05) is 18.2 Å². The normalized spacial score (nSPS) is 22.9. The molecule has 5 nitrogen and oxygen atoms in total. The molecule has 1 aliphatic heterocycles. The summed E-state index contributed by atoms with van der Waals surface area (Å²) in [7, 11) is 0. The minimum atomic E-state index is -0.758. The third-order valence-electron chi connectivity index (χ3n) is 2.12. The summed E-state index contributed by atoms with van der Waals surface area (Å²) in [6.45, 7) is 1.28. The van der Waals surface area contributed by atoms with Crippen molar-refractivity contribution in [3.63, 3.8) is 0 Å². The maximum absolute atomic E-state index is 11.2. The van der Waals surface area contributed by atoms with Gasteiger partial charge in [0, 0.05) is 6.92 Å². The van der Waals surface area contributed by atoms with E-state index in [-0.39, 0.29) is 5.91 Å². The number of hydrogen-bond donors (Lipinski definition) is 1. The lowest BCUT2D eigenvalue weighted by molar-refractivity contribution is -0.173. The molecule has 2 unspecified atom stereocenters. The Morgan fingerprint density at radius 2 is 2.00 bits per heavy atom. The lowest BCUT2D eigenvalue weighted by atomic mass is 10.1. The number of β-lactam (4-membered cyclic amide) rings is 1. The highest BCUT2D eigenvalue weighted by molar-refractivity contribution is 5.88. The van der Waals surface area contributed by atoms with Crippen molar-refractivity contribution < 1.29 is 19.1 Å². The fourth-order valence-electron chi connectivity index (χ4n) is 1.37. The topological polar surface area (TPSA) is 64.6 Å². The molecule has 0 radical (unpaired) electrons. The number of nitrogens with one attached hydrogen (secondary N) is 1. The molecule has 1 N–H and O–H groups in total. The number of benzene rings is 1. The smallest absolute Gasteiger partial charge is 0.304 e. The average Bonchev–Trinajstić information content (AvgIpc) is 2.26. The molecule has 1 fully saturated rings. The summed E-state index contributed by atoms with van der Waals surface area (Å²) < 4.78 is 10.2. The van der Waals surface area contributed by atoms with Gasteiger partial charge in [-0.15, -0.1) is 0 Å². The van der Waals surface area contributed by atoms with E-state index in [0.29, 0.717) is 5.75 Å². The molecule has 2 atom stereocenters. The van der Waals surface area contributed by atoms with E-state index in [1.165, 1.54) is 6.92 Å². The van der Waals surface area contributed by atoms with Crippen molar-refractivity contribution >= 4 is 11.9 Å². The van der Waals surface area contributed by atoms with Gasteiger partial charge in [0.05, 0.1) is 0 Å². The second-order valence-corrected chi connectivity index (χ2v) is 3.39. The largest absolute Gasteiger partial charge is 0.475 e. The van der Waals surface area contributed by atoms with Crippen LogP contribution in [-0.2, 0) is 14.3 Å². The standard InChI is InChI=1S/C11H11NO4/c1-7(13)15-11-9(10(14)12-11)16-8-5-3-2-4-6-8/h2-6,9,11H,1H3,(H,12,14). The Morgan fingerprint density at radius 3 is 2.56 bits per heavy atom. The average molecular weight is 221 g/mol. The van der Waals surface area contributed by atoms with Gasteiger partial charge in [0.25, 0.3) is 5.91 Å². The number of carbonyl (C=O) groups is 2. The van der Waals surface area contributed by atoms with Crippen molar-refractivity contribution in [2.45, 2.75) is 19.3 Å².